The summed E-state index contributed by atoms with van der Waals surface area (Å²) in [6.07, 6.45) is 2.36. The minimum absolute atomic E-state index is 0.00570. The quantitative estimate of drug-likeness (QED) is 0.627. The zero-order valence-corrected chi connectivity index (χ0v) is 18.2. The minimum atomic E-state index is -3.77. The van der Waals surface area contributed by atoms with E-state index in [9.17, 15) is 18.0 Å². The number of carbonyl (C=O) groups is 2. The van der Waals surface area contributed by atoms with Gasteiger partial charge in [0.15, 0.2) is 5.52 Å². The normalized spacial score (nSPS) is 21.3. The smallest absolute Gasteiger partial charge is 0.310 e. The van der Waals surface area contributed by atoms with Gasteiger partial charge in [-0.1, -0.05) is 6.07 Å². The number of hydrogen-bond donors (Lipinski definition) is 0. The van der Waals surface area contributed by atoms with E-state index in [1.165, 1.54) is 10.4 Å². The molecule has 0 bridgehead atoms. The van der Waals surface area contributed by atoms with Gasteiger partial charge in [0.2, 0.25) is 15.9 Å². The van der Waals surface area contributed by atoms with Gasteiger partial charge in [-0.2, -0.15) is 4.31 Å². The summed E-state index contributed by atoms with van der Waals surface area (Å²) in [5, 5.41) is 7.43. The number of carbonyl (C=O) groups excluding carboxylic acids is 2. The van der Waals surface area contributed by atoms with Crippen LogP contribution in [0.25, 0.3) is 11.0 Å². The number of hydrogen-bond acceptors (Lipinski definition) is 8. The van der Waals surface area contributed by atoms with Crippen molar-refractivity contribution in [2.24, 2.45) is 11.8 Å². The van der Waals surface area contributed by atoms with E-state index >= 15 is 0 Å². The molecule has 2 saturated heterocycles. The Morgan fingerprint density at radius 1 is 1.13 bits per heavy atom. The van der Waals surface area contributed by atoms with Gasteiger partial charge in [-0.05, 0) is 55.1 Å². The number of likely N-dealkylation sites (tertiary alicyclic amines) is 1. The summed E-state index contributed by atoms with van der Waals surface area (Å²) < 4.78 is 37.4. The lowest BCUT2D eigenvalue weighted by Crippen LogP contribution is -2.48. The summed E-state index contributed by atoms with van der Waals surface area (Å²) in [5.41, 5.74) is 0.589. The first-order chi connectivity index (χ1) is 14.9. The van der Waals surface area contributed by atoms with Gasteiger partial charge >= 0.3 is 5.97 Å². The first-order valence-corrected chi connectivity index (χ1v) is 12.0. The topological polar surface area (TPSA) is 123 Å². The average molecular weight is 451 g/mol. The van der Waals surface area contributed by atoms with Crippen molar-refractivity contribution in [3.8, 4) is 0 Å². The van der Waals surface area contributed by atoms with Gasteiger partial charge in [0.05, 0.1) is 12.5 Å². The lowest BCUT2D eigenvalue weighted by Gasteiger charge is -2.36. The van der Waals surface area contributed by atoms with Crippen LogP contribution in [0.4, 0.5) is 0 Å². The Labute approximate surface area is 180 Å². The summed E-state index contributed by atoms with van der Waals surface area (Å²) in [4.78, 5) is 26.9. The van der Waals surface area contributed by atoms with E-state index in [-0.39, 0.29) is 47.2 Å². The number of amides is 1. The van der Waals surface area contributed by atoms with Crippen molar-refractivity contribution in [1.29, 1.82) is 0 Å². The molecule has 1 aromatic heterocycles. The first kappa shape index (κ1) is 21.7. The van der Waals surface area contributed by atoms with E-state index in [0.29, 0.717) is 38.1 Å². The maximum Gasteiger partial charge on any atom is 0.310 e. The molecule has 3 heterocycles. The second-order valence-electron chi connectivity index (χ2n) is 7.94. The summed E-state index contributed by atoms with van der Waals surface area (Å²) in [6.45, 7) is 3.58. The van der Waals surface area contributed by atoms with Crippen LogP contribution in [0.3, 0.4) is 0 Å². The third-order valence-electron chi connectivity index (χ3n) is 6.02. The van der Waals surface area contributed by atoms with Gasteiger partial charge in [-0.25, -0.2) is 13.0 Å². The third kappa shape index (κ3) is 4.29. The molecule has 0 unspecified atom stereocenters. The van der Waals surface area contributed by atoms with Crippen molar-refractivity contribution in [2.75, 3.05) is 32.8 Å². The van der Waals surface area contributed by atoms with Crippen molar-refractivity contribution in [2.45, 2.75) is 37.5 Å². The highest BCUT2D eigenvalue weighted by molar-refractivity contribution is 7.89. The molecule has 2 aliphatic heterocycles. The molecule has 2 aromatic rings. The van der Waals surface area contributed by atoms with Crippen LogP contribution in [-0.2, 0) is 24.3 Å². The standard InChI is InChI=1S/C20H26N4O6S/c1-2-29-20(26)15-5-4-10-23(13-15)19(25)14-8-11-24(12-9-14)31(27,28)17-7-3-6-16-18(17)22-30-21-16/h3,6-7,14-15H,2,4-5,8-13H2,1H3/t15-/m1/s1. The van der Waals surface area contributed by atoms with Crippen molar-refractivity contribution < 1.29 is 27.4 Å². The van der Waals surface area contributed by atoms with Gasteiger partial charge in [0.25, 0.3) is 0 Å². The molecule has 0 N–H and O–H groups in total. The fourth-order valence-electron chi connectivity index (χ4n) is 4.36. The number of fused-ring (bicyclic) bond motifs is 1. The maximum atomic E-state index is 13.1. The Bertz CT molecular complexity index is 1060. The number of esters is 1. The number of rotatable bonds is 5. The molecule has 1 atom stereocenters. The number of nitrogens with zero attached hydrogens (tertiary/aromatic N) is 4. The fraction of sp³-hybridized carbons (Fsp3) is 0.600. The second kappa shape index (κ2) is 8.91. The van der Waals surface area contributed by atoms with E-state index in [1.54, 1.807) is 24.0 Å². The monoisotopic (exact) mass is 450 g/mol. The molecule has 2 fully saturated rings. The van der Waals surface area contributed by atoms with Crippen LogP contribution in [0.15, 0.2) is 27.7 Å². The predicted octanol–water partition coefficient (Wildman–Crippen LogP) is 1.43. The number of piperidine rings is 2. The van der Waals surface area contributed by atoms with Crippen molar-refractivity contribution in [3.63, 3.8) is 0 Å². The number of ether oxygens (including phenoxy) is 1. The highest BCUT2D eigenvalue weighted by Crippen LogP contribution is 2.29. The fourth-order valence-corrected chi connectivity index (χ4v) is 5.97. The summed E-state index contributed by atoms with van der Waals surface area (Å²) in [7, 11) is -3.77. The Balaban J connectivity index is 1.40. The van der Waals surface area contributed by atoms with Crippen LogP contribution in [0, 0.1) is 11.8 Å². The van der Waals surface area contributed by atoms with Crippen LogP contribution in [0.1, 0.15) is 32.6 Å². The molecule has 1 amide bonds. The van der Waals surface area contributed by atoms with Crippen LogP contribution >= 0.6 is 0 Å². The van der Waals surface area contributed by atoms with Gasteiger partial charge in [0, 0.05) is 32.1 Å². The van der Waals surface area contributed by atoms with Gasteiger partial charge in [-0.3, -0.25) is 9.59 Å². The molecule has 0 spiro atoms. The predicted molar refractivity (Wildman–Crippen MR) is 109 cm³/mol. The van der Waals surface area contributed by atoms with Crippen LogP contribution in [0.5, 0.6) is 0 Å². The molecule has 0 saturated carbocycles. The van der Waals surface area contributed by atoms with E-state index in [1.807, 2.05) is 0 Å². The van der Waals surface area contributed by atoms with Crippen molar-refractivity contribution in [1.82, 2.24) is 19.5 Å². The zero-order chi connectivity index (χ0) is 22.0. The maximum absolute atomic E-state index is 13.1. The average Bonchev–Trinajstić information content (AvgIpc) is 3.28. The molecule has 0 aliphatic carbocycles. The van der Waals surface area contributed by atoms with Gasteiger partial charge < -0.3 is 9.64 Å². The second-order valence-corrected chi connectivity index (χ2v) is 9.85. The molecule has 2 aliphatic rings. The third-order valence-corrected chi connectivity index (χ3v) is 7.95. The van der Waals surface area contributed by atoms with Crippen LogP contribution in [-0.4, -0.2) is 72.6 Å². The highest BCUT2D eigenvalue weighted by atomic mass is 32.2. The lowest BCUT2D eigenvalue weighted by atomic mass is 9.93. The number of aromatic nitrogens is 2. The van der Waals surface area contributed by atoms with Gasteiger partial charge in [0.1, 0.15) is 10.4 Å². The zero-order valence-electron chi connectivity index (χ0n) is 17.4. The summed E-state index contributed by atoms with van der Waals surface area (Å²) in [6, 6.07) is 4.73. The number of benzene rings is 1. The molecule has 11 heteroatoms. The Morgan fingerprint density at radius 3 is 2.65 bits per heavy atom. The van der Waals surface area contributed by atoms with E-state index in [0.717, 1.165) is 12.8 Å². The van der Waals surface area contributed by atoms with Crippen molar-refractivity contribution in [3.05, 3.63) is 18.2 Å². The van der Waals surface area contributed by atoms with E-state index in [2.05, 4.69) is 14.9 Å². The molecule has 10 nitrogen and oxygen atoms in total. The Morgan fingerprint density at radius 2 is 1.90 bits per heavy atom. The van der Waals surface area contributed by atoms with E-state index in [4.69, 9.17) is 4.74 Å². The lowest BCUT2D eigenvalue weighted by molar-refractivity contribution is -0.152. The van der Waals surface area contributed by atoms with E-state index < -0.39 is 10.0 Å². The number of sulfonamides is 1. The highest BCUT2D eigenvalue weighted by Gasteiger charge is 2.37. The molecule has 1 aromatic carbocycles. The largest absolute Gasteiger partial charge is 0.466 e. The molecule has 168 valence electrons. The molecule has 0 radical (unpaired) electrons. The molecular formula is C20H26N4O6S. The SMILES string of the molecule is CCOC(=O)[C@@H]1CCCN(C(=O)C2CCN(S(=O)(=O)c3cccc4nonc34)CC2)C1. The van der Waals surface area contributed by atoms with Crippen LogP contribution < -0.4 is 0 Å². The molecular weight excluding hydrogens is 424 g/mol. The molecule has 4 rings (SSSR count). The Kier molecular flexibility index (Phi) is 6.24. The molecule has 31 heavy (non-hydrogen) atoms. The first-order valence-electron chi connectivity index (χ1n) is 10.6. The summed E-state index contributed by atoms with van der Waals surface area (Å²) in [5.74, 6) is -0.794. The van der Waals surface area contributed by atoms with Gasteiger partial charge in [-0.15, -0.1) is 0 Å². The van der Waals surface area contributed by atoms with Crippen LogP contribution in [0.2, 0.25) is 0 Å². The Hall–Kier alpha value is -2.53. The van der Waals surface area contributed by atoms with Crippen molar-refractivity contribution >= 4 is 32.9 Å². The minimum Gasteiger partial charge on any atom is -0.466 e. The summed E-state index contributed by atoms with van der Waals surface area (Å²) >= 11 is 0.